The molecule has 0 aliphatic carbocycles. The predicted molar refractivity (Wildman–Crippen MR) is 110 cm³/mol. The number of nitrogens with one attached hydrogen (secondary N) is 2. The summed E-state index contributed by atoms with van der Waals surface area (Å²) in [6.07, 6.45) is -0.355. The lowest BCUT2D eigenvalue weighted by molar-refractivity contribution is -0.123. The molecule has 0 spiro atoms. The molecular formula is C23H19N3O3. The van der Waals surface area contributed by atoms with Crippen molar-refractivity contribution < 1.29 is 14.3 Å². The molecular weight excluding hydrogens is 366 g/mol. The summed E-state index contributed by atoms with van der Waals surface area (Å²) in [5.41, 5.74) is 2.35. The van der Waals surface area contributed by atoms with E-state index in [1.807, 2.05) is 36.4 Å². The average Bonchev–Trinajstić information content (AvgIpc) is 2.74. The summed E-state index contributed by atoms with van der Waals surface area (Å²) in [4.78, 5) is 24.1. The van der Waals surface area contributed by atoms with Crippen LogP contribution in [0.1, 0.15) is 17.5 Å². The molecule has 3 rings (SSSR count). The molecule has 3 aromatic rings. The summed E-state index contributed by atoms with van der Waals surface area (Å²) >= 11 is 0. The van der Waals surface area contributed by atoms with Crippen LogP contribution in [-0.2, 0) is 16.2 Å². The van der Waals surface area contributed by atoms with Crippen LogP contribution in [0.4, 0.5) is 11.4 Å². The summed E-state index contributed by atoms with van der Waals surface area (Å²) in [6, 6.07) is 25.3. The van der Waals surface area contributed by atoms with E-state index in [1.54, 1.807) is 48.5 Å². The molecule has 0 bridgehead atoms. The number of ether oxygens (including phenoxy) is 1. The van der Waals surface area contributed by atoms with Crippen LogP contribution in [-0.4, -0.2) is 11.8 Å². The topological polar surface area (TPSA) is 91.2 Å². The number of benzene rings is 3. The Morgan fingerprint density at radius 3 is 2.21 bits per heavy atom. The van der Waals surface area contributed by atoms with Crippen molar-refractivity contribution in [3.05, 3.63) is 90.0 Å². The van der Waals surface area contributed by atoms with E-state index < -0.39 is 11.8 Å². The first kappa shape index (κ1) is 19.6. The number of nitrogens with zero attached hydrogens (tertiary/aromatic N) is 1. The molecule has 0 saturated carbocycles. The Labute approximate surface area is 168 Å². The molecule has 0 heterocycles. The number of carbonyl (C=O) groups is 2. The highest BCUT2D eigenvalue weighted by molar-refractivity contribution is 6.08. The van der Waals surface area contributed by atoms with Crippen molar-refractivity contribution in [1.82, 2.24) is 0 Å². The molecule has 3 aromatic carbocycles. The van der Waals surface area contributed by atoms with E-state index in [1.165, 1.54) is 0 Å². The maximum Gasteiger partial charge on any atom is 0.233 e. The molecule has 0 atom stereocenters. The van der Waals surface area contributed by atoms with Gasteiger partial charge in [-0.2, -0.15) is 5.26 Å². The number of hydrogen-bond acceptors (Lipinski definition) is 4. The Balaban J connectivity index is 1.49. The maximum atomic E-state index is 12.1. The van der Waals surface area contributed by atoms with Crippen LogP contribution in [0, 0.1) is 11.3 Å². The number of hydrogen-bond donors (Lipinski definition) is 2. The van der Waals surface area contributed by atoms with Gasteiger partial charge in [0.15, 0.2) is 0 Å². The van der Waals surface area contributed by atoms with Crippen LogP contribution >= 0.6 is 0 Å². The Morgan fingerprint density at radius 1 is 0.828 bits per heavy atom. The number of amides is 2. The van der Waals surface area contributed by atoms with E-state index in [0.717, 1.165) is 5.56 Å². The second-order valence-electron chi connectivity index (χ2n) is 6.23. The van der Waals surface area contributed by atoms with Crippen molar-refractivity contribution in [2.24, 2.45) is 0 Å². The van der Waals surface area contributed by atoms with Crippen LogP contribution in [0.25, 0.3) is 0 Å². The number of carbonyl (C=O) groups excluding carboxylic acids is 2. The van der Waals surface area contributed by atoms with Crippen LogP contribution in [0.5, 0.6) is 5.75 Å². The van der Waals surface area contributed by atoms with Gasteiger partial charge < -0.3 is 15.4 Å². The van der Waals surface area contributed by atoms with Gasteiger partial charge >= 0.3 is 0 Å². The summed E-state index contributed by atoms with van der Waals surface area (Å²) in [5, 5.41) is 14.3. The van der Waals surface area contributed by atoms with E-state index in [2.05, 4.69) is 10.6 Å². The second-order valence-corrected chi connectivity index (χ2v) is 6.23. The lowest BCUT2D eigenvalue weighted by atomic mass is 10.2. The maximum absolute atomic E-state index is 12.1. The summed E-state index contributed by atoms with van der Waals surface area (Å²) in [5.74, 6) is -0.263. The SMILES string of the molecule is N#Cc1ccccc1NC(=O)CC(=O)Nc1ccc(OCc2ccccc2)cc1. The van der Waals surface area contributed by atoms with Gasteiger partial charge in [0, 0.05) is 5.69 Å². The zero-order chi connectivity index (χ0) is 20.5. The highest BCUT2D eigenvalue weighted by Gasteiger charge is 2.12. The first-order valence-electron chi connectivity index (χ1n) is 8.99. The van der Waals surface area contributed by atoms with Gasteiger partial charge in [0.2, 0.25) is 11.8 Å². The van der Waals surface area contributed by atoms with Gasteiger partial charge in [0.05, 0.1) is 11.3 Å². The highest BCUT2D eigenvalue weighted by Crippen LogP contribution is 2.18. The van der Waals surface area contributed by atoms with Crippen molar-refractivity contribution in [2.75, 3.05) is 10.6 Å². The van der Waals surface area contributed by atoms with Gasteiger partial charge in [0.25, 0.3) is 0 Å². The Morgan fingerprint density at radius 2 is 1.48 bits per heavy atom. The largest absolute Gasteiger partial charge is 0.489 e. The first-order chi connectivity index (χ1) is 14.1. The highest BCUT2D eigenvalue weighted by atomic mass is 16.5. The van der Waals surface area contributed by atoms with E-state index in [0.29, 0.717) is 29.3 Å². The Hall–Kier alpha value is -4.11. The van der Waals surface area contributed by atoms with Crippen LogP contribution < -0.4 is 15.4 Å². The van der Waals surface area contributed by atoms with Crippen molar-refractivity contribution in [2.45, 2.75) is 13.0 Å². The molecule has 0 saturated heterocycles. The fourth-order valence-electron chi connectivity index (χ4n) is 2.61. The monoisotopic (exact) mass is 385 g/mol. The van der Waals surface area contributed by atoms with Gasteiger partial charge in [0.1, 0.15) is 24.8 Å². The number of rotatable bonds is 7. The van der Waals surface area contributed by atoms with E-state index in [-0.39, 0.29) is 6.42 Å². The minimum absolute atomic E-state index is 0.340. The molecule has 2 amide bonds. The molecule has 0 aliphatic rings. The molecule has 0 aliphatic heterocycles. The summed E-state index contributed by atoms with van der Waals surface area (Å²) in [6.45, 7) is 0.455. The standard InChI is InChI=1S/C23H19N3O3/c24-15-18-8-4-5-9-21(18)26-23(28)14-22(27)25-19-10-12-20(13-11-19)29-16-17-6-2-1-3-7-17/h1-13H,14,16H2,(H,25,27)(H,26,28). The van der Waals surface area contributed by atoms with Crippen molar-refractivity contribution >= 4 is 23.2 Å². The summed E-state index contributed by atoms with van der Waals surface area (Å²) in [7, 11) is 0. The Bertz CT molecular complexity index is 1030. The van der Waals surface area contributed by atoms with E-state index >= 15 is 0 Å². The number of anilines is 2. The fourth-order valence-corrected chi connectivity index (χ4v) is 2.61. The van der Waals surface area contributed by atoms with Crippen molar-refractivity contribution in [3.63, 3.8) is 0 Å². The van der Waals surface area contributed by atoms with Crippen LogP contribution in [0.15, 0.2) is 78.9 Å². The normalized spacial score (nSPS) is 9.90. The average molecular weight is 385 g/mol. The molecule has 0 aromatic heterocycles. The van der Waals surface area contributed by atoms with E-state index in [9.17, 15) is 9.59 Å². The molecule has 0 fully saturated rings. The van der Waals surface area contributed by atoms with Gasteiger partial charge in [-0.15, -0.1) is 0 Å². The van der Waals surface area contributed by atoms with Gasteiger partial charge in [-0.1, -0.05) is 42.5 Å². The second kappa shape index (κ2) is 9.72. The van der Waals surface area contributed by atoms with Crippen molar-refractivity contribution in [1.29, 1.82) is 5.26 Å². The summed E-state index contributed by atoms with van der Waals surface area (Å²) < 4.78 is 5.70. The lowest BCUT2D eigenvalue weighted by Crippen LogP contribution is -2.21. The zero-order valence-corrected chi connectivity index (χ0v) is 15.6. The van der Waals surface area contributed by atoms with Gasteiger partial charge in [-0.3, -0.25) is 9.59 Å². The first-order valence-corrected chi connectivity index (χ1v) is 8.99. The smallest absolute Gasteiger partial charge is 0.233 e. The quantitative estimate of drug-likeness (QED) is 0.599. The lowest BCUT2D eigenvalue weighted by Gasteiger charge is -2.09. The predicted octanol–water partition coefficient (Wildman–Crippen LogP) is 4.10. The molecule has 0 radical (unpaired) electrons. The van der Waals surface area contributed by atoms with Gasteiger partial charge in [-0.05, 0) is 42.0 Å². The minimum Gasteiger partial charge on any atom is -0.489 e. The van der Waals surface area contributed by atoms with Crippen LogP contribution in [0.2, 0.25) is 0 Å². The molecule has 6 nitrogen and oxygen atoms in total. The van der Waals surface area contributed by atoms with Crippen molar-refractivity contribution in [3.8, 4) is 11.8 Å². The number of para-hydroxylation sites is 1. The zero-order valence-electron chi connectivity index (χ0n) is 15.6. The third kappa shape index (κ3) is 5.94. The third-order valence-electron chi connectivity index (χ3n) is 4.03. The molecule has 144 valence electrons. The minimum atomic E-state index is -0.493. The molecule has 2 N–H and O–H groups in total. The van der Waals surface area contributed by atoms with Crippen LogP contribution in [0.3, 0.4) is 0 Å². The Kier molecular flexibility index (Phi) is 6.58. The molecule has 6 heteroatoms. The fraction of sp³-hybridized carbons (Fsp3) is 0.0870. The van der Waals surface area contributed by atoms with Gasteiger partial charge in [-0.25, -0.2) is 0 Å². The molecule has 29 heavy (non-hydrogen) atoms. The molecule has 0 unspecified atom stereocenters. The van der Waals surface area contributed by atoms with E-state index in [4.69, 9.17) is 10.00 Å². The third-order valence-corrected chi connectivity index (χ3v) is 4.03. The number of nitriles is 1.